The molecule has 3 rings (SSSR count). The van der Waals surface area contributed by atoms with Crippen molar-refractivity contribution < 1.29 is 9.15 Å². The molecule has 120 valence electrons. The Morgan fingerprint density at radius 2 is 2.09 bits per heavy atom. The van der Waals surface area contributed by atoms with Crippen LogP contribution in [0.2, 0.25) is 0 Å². The normalized spacial score (nSPS) is 12.3. The van der Waals surface area contributed by atoms with Crippen molar-refractivity contribution in [2.45, 2.75) is 33.2 Å². The van der Waals surface area contributed by atoms with E-state index < -0.39 is 0 Å². The number of benzene rings is 1. The molecule has 6 nitrogen and oxygen atoms in total. The maximum absolute atomic E-state index is 5.83. The van der Waals surface area contributed by atoms with Gasteiger partial charge in [-0.2, -0.15) is 4.98 Å². The topological polar surface area (TPSA) is 73.1 Å². The van der Waals surface area contributed by atoms with Gasteiger partial charge in [-0.25, -0.2) is 9.97 Å². The molecule has 0 saturated heterocycles. The van der Waals surface area contributed by atoms with Crippen LogP contribution in [-0.4, -0.2) is 21.6 Å². The van der Waals surface area contributed by atoms with Gasteiger partial charge in [0.15, 0.2) is 17.2 Å². The van der Waals surface area contributed by atoms with E-state index in [4.69, 9.17) is 9.15 Å². The van der Waals surface area contributed by atoms with Crippen LogP contribution in [0.3, 0.4) is 0 Å². The van der Waals surface area contributed by atoms with E-state index in [0.717, 1.165) is 17.7 Å². The van der Waals surface area contributed by atoms with E-state index >= 15 is 0 Å². The van der Waals surface area contributed by atoms with Gasteiger partial charge in [0.25, 0.3) is 5.71 Å². The molecule has 0 fully saturated rings. The lowest BCUT2D eigenvalue weighted by Gasteiger charge is -2.18. The van der Waals surface area contributed by atoms with Gasteiger partial charge in [-0.1, -0.05) is 25.1 Å². The van der Waals surface area contributed by atoms with Gasteiger partial charge in [0.05, 0.1) is 12.6 Å². The zero-order chi connectivity index (χ0) is 16.2. The van der Waals surface area contributed by atoms with E-state index in [1.807, 2.05) is 18.2 Å². The van der Waals surface area contributed by atoms with Gasteiger partial charge in [-0.3, -0.25) is 0 Å². The predicted octanol–water partition coefficient (Wildman–Crippen LogP) is 3.89. The van der Waals surface area contributed by atoms with Crippen LogP contribution in [0.4, 0.5) is 5.82 Å². The molecule has 0 amide bonds. The highest BCUT2D eigenvalue weighted by Gasteiger charge is 2.15. The molecule has 1 unspecified atom stereocenters. The third-order valence-electron chi connectivity index (χ3n) is 3.50. The van der Waals surface area contributed by atoms with E-state index in [1.165, 1.54) is 6.33 Å². The molecule has 6 heteroatoms. The Morgan fingerprint density at radius 3 is 2.91 bits per heavy atom. The van der Waals surface area contributed by atoms with Crippen molar-refractivity contribution in [3.63, 3.8) is 0 Å². The van der Waals surface area contributed by atoms with Gasteiger partial charge in [-0.05, 0) is 19.4 Å². The minimum Gasteiger partial charge on any atom is -0.493 e. The summed E-state index contributed by atoms with van der Waals surface area (Å²) in [6, 6.07) is 8.03. The quantitative estimate of drug-likeness (QED) is 0.744. The summed E-state index contributed by atoms with van der Waals surface area (Å²) >= 11 is 0. The molecular weight excluding hydrogens is 292 g/mol. The monoisotopic (exact) mass is 312 g/mol. The van der Waals surface area contributed by atoms with Crippen LogP contribution in [0.25, 0.3) is 11.2 Å². The summed E-state index contributed by atoms with van der Waals surface area (Å²) < 4.78 is 11.3. The fourth-order valence-electron chi connectivity index (χ4n) is 2.43. The Hall–Kier alpha value is -2.63. The first kappa shape index (κ1) is 15.3. The summed E-state index contributed by atoms with van der Waals surface area (Å²) in [4.78, 5) is 12.7. The van der Waals surface area contributed by atoms with Crippen LogP contribution in [0.5, 0.6) is 5.75 Å². The fraction of sp³-hybridized carbons (Fsp3) is 0.353. The van der Waals surface area contributed by atoms with Crippen molar-refractivity contribution in [1.29, 1.82) is 0 Å². The highest BCUT2D eigenvalue weighted by Crippen LogP contribution is 2.29. The minimum atomic E-state index is 0.0122. The molecule has 23 heavy (non-hydrogen) atoms. The van der Waals surface area contributed by atoms with Crippen molar-refractivity contribution in [2.24, 2.45) is 0 Å². The van der Waals surface area contributed by atoms with Crippen molar-refractivity contribution in [2.75, 3.05) is 11.9 Å². The Bertz CT molecular complexity index is 800. The molecule has 0 aliphatic heterocycles. The second kappa shape index (κ2) is 6.64. The van der Waals surface area contributed by atoms with Crippen LogP contribution >= 0.6 is 0 Å². The molecule has 1 N–H and O–H groups in total. The molecule has 0 spiro atoms. The van der Waals surface area contributed by atoms with Gasteiger partial charge in [0, 0.05) is 12.5 Å². The number of para-hydroxylation sites is 1. The van der Waals surface area contributed by atoms with Crippen LogP contribution in [-0.2, 0) is 0 Å². The van der Waals surface area contributed by atoms with Crippen LogP contribution < -0.4 is 10.1 Å². The average Bonchev–Trinajstić information content (AvgIpc) is 2.94. The Kier molecular flexibility index (Phi) is 4.41. The summed E-state index contributed by atoms with van der Waals surface area (Å²) in [5.74, 6) is 2.11. The number of oxazole rings is 1. The molecule has 2 heterocycles. The van der Waals surface area contributed by atoms with E-state index in [9.17, 15) is 0 Å². The maximum Gasteiger partial charge on any atom is 0.252 e. The summed E-state index contributed by atoms with van der Waals surface area (Å²) in [6.07, 6.45) is 2.45. The number of hydrogen-bond donors (Lipinski definition) is 1. The van der Waals surface area contributed by atoms with Gasteiger partial charge >= 0.3 is 0 Å². The Balaban J connectivity index is 1.87. The van der Waals surface area contributed by atoms with Crippen LogP contribution in [0.1, 0.15) is 37.8 Å². The fourth-order valence-corrected chi connectivity index (χ4v) is 2.43. The number of aryl methyl sites for hydroxylation is 1. The molecule has 1 aromatic carbocycles. The number of nitrogens with zero attached hydrogens (tertiary/aromatic N) is 3. The van der Waals surface area contributed by atoms with Gasteiger partial charge < -0.3 is 14.5 Å². The summed E-state index contributed by atoms with van der Waals surface area (Å²) in [7, 11) is 0. The lowest BCUT2D eigenvalue weighted by atomic mass is 10.1. The second-order valence-corrected chi connectivity index (χ2v) is 5.36. The first-order chi connectivity index (χ1) is 11.2. The first-order valence-corrected chi connectivity index (χ1v) is 7.75. The average molecular weight is 312 g/mol. The molecule has 0 bridgehead atoms. The third-order valence-corrected chi connectivity index (χ3v) is 3.50. The van der Waals surface area contributed by atoms with Crippen molar-refractivity contribution in [3.05, 3.63) is 42.0 Å². The molecule has 0 radical (unpaired) electrons. The van der Waals surface area contributed by atoms with Gasteiger partial charge in [-0.15, -0.1) is 0 Å². The van der Waals surface area contributed by atoms with E-state index in [1.54, 1.807) is 6.92 Å². The van der Waals surface area contributed by atoms with Crippen molar-refractivity contribution in [1.82, 2.24) is 15.0 Å². The van der Waals surface area contributed by atoms with E-state index in [-0.39, 0.29) is 6.04 Å². The summed E-state index contributed by atoms with van der Waals surface area (Å²) in [5, 5.41) is 3.38. The molecule has 2 aromatic heterocycles. The highest BCUT2D eigenvalue weighted by atomic mass is 16.5. The number of aromatic nitrogens is 3. The zero-order valence-corrected chi connectivity index (χ0v) is 13.5. The lowest BCUT2D eigenvalue weighted by Crippen LogP contribution is -2.10. The number of anilines is 1. The molecule has 0 aliphatic carbocycles. The lowest BCUT2D eigenvalue weighted by molar-refractivity contribution is 0.313. The smallest absolute Gasteiger partial charge is 0.252 e. The maximum atomic E-state index is 5.83. The zero-order valence-electron chi connectivity index (χ0n) is 13.5. The molecule has 0 aliphatic rings. The van der Waals surface area contributed by atoms with Gasteiger partial charge in [0.1, 0.15) is 12.1 Å². The predicted molar refractivity (Wildman–Crippen MR) is 88.6 cm³/mol. The largest absolute Gasteiger partial charge is 0.493 e. The minimum absolute atomic E-state index is 0.0122. The Labute approximate surface area is 134 Å². The number of fused-ring (bicyclic) bond motifs is 1. The first-order valence-electron chi connectivity index (χ1n) is 7.75. The van der Waals surface area contributed by atoms with E-state index in [2.05, 4.69) is 40.2 Å². The number of ether oxygens (including phenoxy) is 1. The number of rotatable bonds is 6. The second-order valence-electron chi connectivity index (χ2n) is 5.36. The van der Waals surface area contributed by atoms with E-state index in [0.29, 0.717) is 29.5 Å². The molecule has 1 atom stereocenters. The molecule has 3 aromatic rings. The van der Waals surface area contributed by atoms with Crippen molar-refractivity contribution in [3.8, 4) is 5.75 Å². The molecular formula is C17H20N4O2. The standard InChI is InChI=1S/C17H20N4O2/c1-4-9-22-14-8-6-5-7-13(14)11(2)20-16-15-17(19-10-18-16)23-12(3)21-15/h5-8,10-11H,4,9H2,1-3H3,(H,18,19,20). The number of hydrogen-bond acceptors (Lipinski definition) is 6. The van der Waals surface area contributed by atoms with Gasteiger partial charge in [0.2, 0.25) is 0 Å². The van der Waals surface area contributed by atoms with Crippen LogP contribution in [0.15, 0.2) is 35.0 Å². The van der Waals surface area contributed by atoms with Crippen molar-refractivity contribution >= 4 is 17.0 Å². The summed E-state index contributed by atoms with van der Waals surface area (Å²) in [6.45, 7) is 6.65. The highest BCUT2D eigenvalue weighted by molar-refractivity contribution is 5.81. The number of nitrogens with one attached hydrogen (secondary N) is 1. The SMILES string of the molecule is CCCOc1ccccc1C(C)Nc1ncnc2oc(C)nc12. The molecule has 0 saturated carbocycles. The van der Waals surface area contributed by atoms with Crippen LogP contribution in [0, 0.1) is 6.92 Å². The Morgan fingerprint density at radius 1 is 1.26 bits per heavy atom. The summed E-state index contributed by atoms with van der Waals surface area (Å²) in [5.41, 5.74) is 2.21. The third kappa shape index (κ3) is 3.26.